The summed E-state index contributed by atoms with van der Waals surface area (Å²) in [7, 11) is 1.61. The molecule has 2 amide bonds. The Bertz CT molecular complexity index is 1130. The van der Waals surface area contributed by atoms with E-state index in [1.54, 1.807) is 18.9 Å². The van der Waals surface area contributed by atoms with Gasteiger partial charge in [-0.3, -0.25) is 9.59 Å². The minimum absolute atomic E-state index is 0.0359. The maximum absolute atomic E-state index is 13.0. The van der Waals surface area contributed by atoms with Crippen molar-refractivity contribution >= 4 is 23.6 Å². The van der Waals surface area contributed by atoms with E-state index in [0.717, 1.165) is 36.3 Å². The van der Waals surface area contributed by atoms with Crippen LogP contribution in [0.1, 0.15) is 50.6 Å². The van der Waals surface area contributed by atoms with Crippen LogP contribution in [0.2, 0.25) is 0 Å². The zero-order chi connectivity index (χ0) is 23.9. The Hall–Kier alpha value is -3.25. The molecule has 176 valence electrons. The summed E-state index contributed by atoms with van der Waals surface area (Å²) in [5.41, 5.74) is 3.49. The van der Waals surface area contributed by atoms with E-state index in [0.29, 0.717) is 24.2 Å². The highest BCUT2D eigenvalue weighted by molar-refractivity contribution is 7.98. The van der Waals surface area contributed by atoms with E-state index >= 15 is 0 Å². The number of thioether (sulfide) groups is 1. The van der Waals surface area contributed by atoms with Crippen LogP contribution in [-0.4, -0.2) is 43.2 Å². The predicted molar refractivity (Wildman–Crippen MR) is 137 cm³/mol. The fraction of sp³-hybridized carbons (Fsp3) is 0.286. The molecule has 1 saturated heterocycles. The summed E-state index contributed by atoms with van der Waals surface area (Å²) in [6.07, 6.45) is 3.98. The first-order valence-electron chi connectivity index (χ1n) is 11.5. The van der Waals surface area contributed by atoms with Crippen LogP contribution >= 0.6 is 11.8 Å². The molecule has 1 heterocycles. The average Bonchev–Trinajstić information content (AvgIpc) is 2.91. The van der Waals surface area contributed by atoms with Gasteiger partial charge >= 0.3 is 0 Å². The molecule has 0 radical (unpaired) electrons. The van der Waals surface area contributed by atoms with Crippen LogP contribution < -0.4 is 10.1 Å². The van der Waals surface area contributed by atoms with Crippen LogP contribution in [0, 0.1) is 0 Å². The van der Waals surface area contributed by atoms with Crippen molar-refractivity contribution in [2.45, 2.75) is 30.2 Å². The van der Waals surface area contributed by atoms with Crippen molar-refractivity contribution < 1.29 is 14.3 Å². The van der Waals surface area contributed by atoms with Crippen LogP contribution in [0.5, 0.6) is 5.75 Å². The van der Waals surface area contributed by atoms with Gasteiger partial charge in [-0.2, -0.15) is 0 Å². The third-order valence-electron chi connectivity index (χ3n) is 6.28. The van der Waals surface area contributed by atoms with E-state index < -0.39 is 0 Å². The van der Waals surface area contributed by atoms with Crippen molar-refractivity contribution in [3.8, 4) is 5.75 Å². The Balaban J connectivity index is 1.39. The third kappa shape index (κ3) is 5.81. The summed E-state index contributed by atoms with van der Waals surface area (Å²) in [6.45, 7) is 1.89. The van der Waals surface area contributed by atoms with Crippen LogP contribution in [0.25, 0.3) is 0 Å². The number of carbonyl (C=O) groups excluding carboxylic acids is 2. The van der Waals surface area contributed by atoms with Gasteiger partial charge in [0.1, 0.15) is 5.75 Å². The number of ether oxygens (including phenoxy) is 1. The summed E-state index contributed by atoms with van der Waals surface area (Å²) in [6, 6.07) is 23.3. The summed E-state index contributed by atoms with van der Waals surface area (Å²) in [5.74, 6) is 0.898. The monoisotopic (exact) mass is 474 g/mol. The maximum atomic E-state index is 13.0. The van der Waals surface area contributed by atoms with Gasteiger partial charge in [-0.1, -0.05) is 24.3 Å². The molecule has 1 N–H and O–H groups in total. The zero-order valence-electron chi connectivity index (χ0n) is 19.6. The molecule has 34 heavy (non-hydrogen) atoms. The van der Waals surface area contributed by atoms with Crippen molar-refractivity contribution in [2.75, 3.05) is 26.5 Å². The minimum Gasteiger partial charge on any atom is -0.497 e. The first-order valence-corrected chi connectivity index (χ1v) is 12.7. The number of hydrogen-bond acceptors (Lipinski definition) is 4. The van der Waals surface area contributed by atoms with Crippen LogP contribution in [0.4, 0.5) is 0 Å². The lowest BCUT2D eigenvalue weighted by molar-refractivity contribution is 0.0706. The van der Waals surface area contributed by atoms with Crippen molar-refractivity contribution in [2.24, 2.45) is 0 Å². The number of rotatable bonds is 7. The van der Waals surface area contributed by atoms with Crippen molar-refractivity contribution in [3.63, 3.8) is 0 Å². The molecule has 0 bridgehead atoms. The number of carbonyl (C=O) groups is 2. The van der Waals surface area contributed by atoms with Gasteiger partial charge in [0.05, 0.1) is 7.11 Å². The highest BCUT2D eigenvalue weighted by Gasteiger charge is 2.26. The summed E-state index contributed by atoms with van der Waals surface area (Å²) < 4.78 is 5.19. The van der Waals surface area contributed by atoms with Gasteiger partial charge < -0.3 is 15.0 Å². The van der Waals surface area contributed by atoms with Gasteiger partial charge in [0.25, 0.3) is 11.8 Å². The molecular weight excluding hydrogens is 444 g/mol. The summed E-state index contributed by atoms with van der Waals surface area (Å²) >= 11 is 1.70. The smallest absolute Gasteiger partial charge is 0.253 e. The van der Waals surface area contributed by atoms with Crippen LogP contribution in [-0.2, 0) is 6.54 Å². The molecule has 0 saturated carbocycles. The molecule has 1 aliphatic rings. The molecule has 6 heteroatoms. The molecule has 1 unspecified atom stereocenters. The predicted octanol–water partition coefficient (Wildman–Crippen LogP) is 5.37. The van der Waals surface area contributed by atoms with Gasteiger partial charge in [-0.25, -0.2) is 0 Å². The van der Waals surface area contributed by atoms with Gasteiger partial charge in [-0.05, 0) is 78.8 Å². The number of nitrogens with zero attached hydrogens (tertiary/aromatic N) is 1. The van der Waals surface area contributed by atoms with Gasteiger partial charge in [0.2, 0.25) is 0 Å². The Labute approximate surface area is 205 Å². The lowest BCUT2D eigenvalue weighted by Crippen LogP contribution is -2.39. The molecular formula is C28H30N2O3S. The molecule has 5 nitrogen and oxygen atoms in total. The molecule has 1 fully saturated rings. The van der Waals surface area contributed by atoms with Crippen LogP contribution in [0.15, 0.2) is 77.7 Å². The van der Waals surface area contributed by atoms with E-state index in [9.17, 15) is 9.59 Å². The SMILES string of the molecule is COc1ccc(C(=O)N2CCCC(c3cccc(C(=O)NCc4ccc(SC)cc4)c3)C2)cc1. The standard InChI is InChI=1S/C28H30N2O3S/c1-33-25-12-10-21(11-13-25)28(32)30-16-4-7-24(19-30)22-5-3-6-23(17-22)27(31)29-18-20-8-14-26(34-2)15-9-20/h3,5-6,8-15,17,24H,4,7,16,18-19H2,1-2H3,(H,29,31). The number of hydrogen-bond donors (Lipinski definition) is 1. The second-order valence-electron chi connectivity index (χ2n) is 8.48. The maximum Gasteiger partial charge on any atom is 0.253 e. The summed E-state index contributed by atoms with van der Waals surface area (Å²) in [5, 5.41) is 3.02. The number of piperidine rings is 1. The molecule has 1 atom stereocenters. The van der Waals surface area contributed by atoms with E-state index in [1.165, 1.54) is 4.90 Å². The van der Waals surface area contributed by atoms with E-state index in [-0.39, 0.29) is 17.7 Å². The van der Waals surface area contributed by atoms with Gasteiger partial charge in [-0.15, -0.1) is 11.8 Å². The van der Waals surface area contributed by atoms with Crippen LogP contribution in [0.3, 0.4) is 0 Å². The molecule has 3 aromatic carbocycles. The summed E-state index contributed by atoms with van der Waals surface area (Å²) in [4.78, 5) is 28.9. The normalized spacial score (nSPS) is 15.6. The van der Waals surface area contributed by atoms with Gasteiger partial charge in [0, 0.05) is 41.6 Å². The number of nitrogens with one attached hydrogen (secondary N) is 1. The number of benzene rings is 3. The van der Waals surface area contributed by atoms with E-state index in [4.69, 9.17) is 4.74 Å². The number of methoxy groups -OCH3 is 1. The van der Waals surface area contributed by atoms with Crippen molar-refractivity contribution in [3.05, 3.63) is 95.1 Å². The van der Waals surface area contributed by atoms with Crippen molar-refractivity contribution in [1.82, 2.24) is 10.2 Å². The number of amides is 2. The Morgan fingerprint density at radius 2 is 1.79 bits per heavy atom. The van der Waals surface area contributed by atoms with E-state index in [2.05, 4.69) is 23.5 Å². The lowest BCUT2D eigenvalue weighted by Gasteiger charge is -2.33. The zero-order valence-corrected chi connectivity index (χ0v) is 20.4. The Morgan fingerprint density at radius 1 is 1.03 bits per heavy atom. The Kier molecular flexibility index (Phi) is 7.91. The highest BCUT2D eigenvalue weighted by atomic mass is 32.2. The quantitative estimate of drug-likeness (QED) is 0.468. The molecule has 0 spiro atoms. The average molecular weight is 475 g/mol. The molecule has 4 rings (SSSR count). The second kappa shape index (κ2) is 11.3. The fourth-order valence-corrected chi connectivity index (χ4v) is 4.72. The molecule has 3 aromatic rings. The first-order chi connectivity index (χ1) is 16.6. The number of likely N-dealkylation sites (tertiary alicyclic amines) is 1. The molecule has 0 aromatic heterocycles. The first kappa shape index (κ1) is 23.9. The molecule has 0 aliphatic carbocycles. The van der Waals surface area contributed by atoms with E-state index in [1.807, 2.05) is 65.8 Å². The van der Waals surface area contributed by atoms with Gasteiger partial charge in [0.15, 0.2) is 0 Å². The van der Waals surface area contributed by atoms with Crippen molar-refractivity contribution in [1.29, 1.82) is 0 Å². The highest BCUT2D eigenvalue weighted by Crippen LogP contribution is 2.28. The Morgan fingerprint density at radius 3 is 2.50 bits per heavy atom. The fourth-order valence-electron chi connectivity index (χ4n) is 4.31. The molecule has 1 aliphatic heterocycles. The third-order valence-corrected chi connectivity index (χ3v) is 7.02. The second-order valence-corrected chi connectivity index (χ2v) is 9.35. The minimum atomic E-state index is -0.0854. The lowest BCUT2D eigenvalue weighted by atomic mass is 9.89. The largest absolute Gasteiger partial charge is 0.497 e. The topological polar surface area (TPSA) is 58.6 Å².